The highest BCUT2D eigenvalue weighted by molar-refractivity contribution is 5.93. The van der Waals surface area contributed by atoms with Gasteiger partial charge in [0.15, 0.2) is 0 Å². The van der Waals surface area contributed by atoms with Crippen LogP contribution in [0.3, 0.4) is 0 Å². The molecule has 3 N–H and O–H groups in total. The molecule has 0 spiro atoms. The lowest BCUT2D eigenvalue weighted by molar-refractivity contribution is 0.0827. The first-order chi connectivity index (χ1) is 8.50. The molecule has 2 amide bonds. The van der Waals surface area contributed by atoms with Crippen molar-refractivity contribution < 1.29 is 14.3 Å². The molecular formula is C11H16N4O3. The SMILES string of the molecule is CN(C)C(=O)c1ccc(NCCOC(N)=O)nc1. The monoisotopic (exact) mass is 252 g/mol. The molecule has 0 saturated heterocycles. The fourth-order valence-corrected chi connectivity index (χ4v) is 1.21. The number of rotatable bonds is 5. The summed E-state index contributed by atoms with van der Waals surface area (Å²) in [7, 11) is 3.35. The van der Waals surface area contributed by atoms with Gasteiger partial charge in [0.05, 0.1) is 12.1 Å². The molecule has 7 nitrogen and oxygen atoms in total. The van der Waals surface area contributed by atoms with Crippen LogP contribution in [0.5, 0.6) is 0 Å². The van der Waals surface area contributed by atoms with E-state index in [4.69, 9.17) is 5.73 Å². The molecule has 0 fully saturated rings. The van der Waals surface area contributed by atoms with E-state index in [0.29, 0.717) is 17.9 Å². The fraction of sp³-hybridized carbons (Fsp3) is 0.364. The van der Waals surface area contributed by atoms with Gasteiger partial charge in [0.25, 0.3) is 5.91 Å². The van der Waals surface area contributed by atoms with E-state index in [1.807, 2.05) is 0 Å². The van der Waals surface area contributed by atoms with E-state index in [0.717, 1.165) is 0 Å². The Morgan fingerprint density at radius 2 is 2.17 bits per heavy atom. The van der Waals surface area contributed by atoms with Gasteiger partial charge in [0.2, 0.25) is 0 Å². The molecule has 0 aliphatic carbocycles. The lowest BCUT2D eigenvalue weighted by atomic mass is 10.2. The van der Waals surface area contributed by atoms with E-state index in [1.54, 1.807) is 26.2 Å². The summed E-state index contributed by atoms with van der Waals surface area (Å²) in [4.78, 5) is 27.4. The van der Waals surface area contributed by atoms with Crippen LogP contribution in [0, 0.1) is 0 Å². The highest BCUT2D eigenvalue weighted by Crippen LogP contribution is 2.06. The van der Waals surface area contributed by atoms with E-state index in [2.05, 4.69) is 15.0 Å². The second-order valence-electron chi connectivity index (χ2n) is 3.73. The molecule has 1 rings (SSSR count). The van der Waals surface area contributed by atoms with Gasteiger partial charge in [0.1, 0.15) is 12.4 Å². The zero-order valence-corrected chi connectivity index (χ0v) is 10.3. The average molecular weight is 252 g/mol. The molecule has 1 heterocycles. The van der Waals surface area contributed by atoms with E-state index in [9.17, 15) is 9.59 Å². The predicted molar refractivity (Wildman–Crippen MR) is 66.3 cm³/mol. The topological polar surface area (TPSA) is 97.5 Å². The number of hydrogen-bond donors (Lipinski definition) is 2. The molecule has 0 bridgehead atoms. The zero-order valence-electron chi connectivity index (χ0n) is 10.3. The smallest absolute Gasteiger partial charge is 0.404 e. The third kappa shape index (κ3) is 4.28. The molecule has 0 atom stereocenters. The van der Waals surface area contributed by atoms with Crippen molar-refractivity contribution in [2.75, 3.05) is 32.6 Å². The Balaban J connectivity index is 2.45. The molecule has 0 radical (unpaired) electrons. The van der Waals surface area contributed by atoms with Gasteiger partial charge in [-0.25, -0.2) is 9.78 Å². The maximum Gasteiger partial charge on any atom is 0.404 e. The molecule has 1 aromatic rings. The number of ether oxygens (including phenoxy) is 1. The van der Waals surface area contributed by atoms with Gasteiger partial charge in [-0.3, -0.25) is 4.79 Å². The van der Waals surface area contributed by atoms with Crippen LogP contribution < -0.4 is 11.1 Å². The number of primary amides is 1. The number of nitrogens with zero attached hydrogens (tertiary/aromatic N) is 2. The first kappa shape index (κ1) is 13.8. The van der Waals surface area contributed by atoms with Crippen LogP contribution in [0.4, 0.5) is 10.6 Å². The summed E-state index contributed by atoms with van der Waals surface area (Å²) in [5.74, 6) is 0.490. The minimum absolute atomic E-state index is 0.105. The average Bonchev–Trinajstić information content (AvgIpc) is 2.34. The number of nitrogens with one attached hydrogen (secondary N) is 1. The summed E-state index contributed by atoms with van der Waals surface area (Å²) >= 11 is 0. The fourth-order valence-electron chi connectivity index (χ4n) is 1.21. The van der Waals surface area contributed by atoms with Crippen molar-refractivity contribution in [1.82, 2.24) is 9.88 Å². The van der Waals surface area contributed by atoms with Crippen molar-refractivity contribution in [2.45, 2.75) is 0 Å². The van der Waals surface area contributed by atoms with Gasteiger partial charge in [-0.05, 0) is 12.1 Å². The minimum atomic E-state index is -0.809. The van der Waals surface area contributed by atoms with E-state index in [1.165, 1.54) is 11.1 Å². The van der Waals surface area contributed by atoms with Crippen LogP contribution in [-0.4, -0.2) is 49.1 Å². The lowest BCUT2D eigenvalue weighted by Crippen LogP contribution is -2.22. The molecular weight excluding hydrogens is 236 g/mol. The van der Waals surface area contributed by atoms with Crippen molar-refractivity contribution in [3.05, 3.63) is 23.9 Å². The molecule has 1 aromatic heterocycles. The summed E-state index contributed by atoms with van der Waals surface area (Å²) in [6, 6.07) is 3.35. The zero-order chi connectivity index (χ0) is 13.5. The van der Waals surface area contributed by atoms with Crippen LogP contribution in [-0.2, 0) is 4.74 Å². The van der Waals surface area contributed by atoms with Gasteiger partial charge in [-0.15, -0.1) is 0 Å². The highest BCUT2D eigenvalue weighted by Gasteiger charge is 2.07. The Bertz CT molecular complexity index is 417. The number of anilines is 1. The molecule has 0 unspecified atom stereocenters. The Morgan fingerprint density at radius 3 is 2.67 bits per heavy atom. The van der Waals surface area contributed by atoms with Crippen LogP contribution in [0.2, 0.25) is 0 Å². The maximum atomic E-state index is 11.6. The largest absolute Gasteiger partial charge is 0.448 e. The second kappa shape index (κ2) is 6.43. The van der Waals surface area contributed by atoms with Crippen molar-refractivity contribution >= 4 is 17.8 Å². The quantitative estimate of drug-likeness (QED) is 0.734. The first-order valence-electron chi connectivity index (χ1n) is 5.34. The minimum Gasteiger partial charge on any atom is -0.448 e. The van der Waals surface area contributed by atoms with E-state index in [-0.39, 0.29) is 12.5 Å². The molecule has 0 aliphatic heterocycles. The number of hydrogen-bond acceptors (Lipinski definition) is 5. The molecule has 7 heteroatoms. The maximum absolute atomic E-state index is 11.6. The molecule has 0 aromatic carbocycles. The summed E-state index contributed by atoms with van der Waals surface area (Å²) in [6.45, 7) is 0.562. The Labute approximate surface area is 105 Å². The Morgan fingerprint density at radius 1 is 1.44 bits per heavy atom. The van der Waals surface area contributed by atoms with Gasteiger partial charge in [-0.1, -0.05) is 0 Å². The summed E-state index contributed by atoms with van der Waals surface area (Å²) < 4.78 is 4.54. The summed E-state index contributed by atoms with van der Waals surface area (Å²) in [6.07, 6.45) is 0.677. The van der Waals surface area contributed by atoms with Crippen LogP contribution in [0.15, 0.2) is 18.3 Å². The van der Waals surface area contributed by atoms with Gasteiger partial charge in [0, 0.05) is 20.3 Å². The van der Waals surface area contributed by atoms with Crippen LogP contribution in [0.25, 0.3) is 0 Å². The lowest BCUT2D eigenvalue weighted by Gasteiger charge is -2.10. The predicted octanol–water partition coefficient (Wildman–Crippen LogP) is 0.291. The third-order valence-corrected chi connectivity index (χ3v) is 2.07. The standard InChI is InChI=1S/C11H16N4O3/c1-15(2)10(16)8-3-4-9(14-7-8)13-5-6-18-11(12)17/h3-4,7H,5-6H2,1-2H3,(H2,12,17)(H,13,14). The highest BCUT2D eigenvalue weighted by atomic mass is 16.5. The number of carbonyl (C=O) groups is 2. The normalized spacial score (nSPS) is 9.67. The van der Waals surface area contributed by atoms with Crippen molar-refractivity contribution in [2.24, 2.45) is 5.73 Å². The Kier molecular flexibility index (Phi) is 4.91. The van der Waals surface area contributed by atoms with Crippen molar-refractivity contribution in [3.8, 4) is 0 Å². The summed E-state index contributed by atoms with van der Waals surface area (Å²) in [5, 5.41) is 2.93. The second-order valence-corrected chi connectivity index (χ2v) is 3.73. The third-order valence-electron chi connectivity index (χ3n) is 2.07. The van der Waals surface area contributed by atoms with Crippen molar-refractivity contribution in [1.29, 1.82) is 0 Å². The van der Waals surface area contributed by atoms with E-state index >= 15 is 0 Å². The van der Waals surface area contributed by atoms with Crippen LogP contribution >= 0.6 is 0 Å². The number of pyridine rings is 1. The molecule has 0 saturated carbocycles. The van der Waals surface area contributed by atoms with Gasteiger partial charge in [-0.2, -0.15) is 0 Å². The van der Waals surface area contributed by atoms with Gasteiger partial charge >= 0.3 is 6.09 Å². The number of aromatic nitrogens is 1. The van der Waals surface area contributed by atoms with Gasteiger partial charge < -0.3 is 20.7 Å². The van der Waals surface area contributed by atoms with E-state index < -0.39 is 6.09 Å². The van der Waals surface area contributed by atoms with Crippen LogP contribution in [0.1, 0.15) is 10.4 Å². The number of nitrogens with two attached hydrogens (primary N) is 1. The molecule has 18 heavy (non-hydrogen) atoms. The molecule has 98 valence electrons. The Hall–Kier alpha value is -2.31. The summed E-state index contributed by atoms with van der Waals surface area (Å²) in [5.41, 5.74) is 5.32. The first-order valence-corrected chi connectivity index (χ1v) is 5.34. The number of carbonyl (C=O) groups excluding carboxylic acids is 2. The van der Waals surface area contributed by atoms with Crippen molar-refractivity contribution in [3.63, 3.8) is 0 Å². The molecule has 0 aliphatic rings. The number of amides is 2.